The molecule has 0 aromatic heterocycles. The lowest BCUT2D eigenvalue weighted by Gasteiger charge is -2.25. The molecule has 4 atom stereocenters. The summed E-state index contributed by atoms with van der Waals surface area (Å²) in [5, 5.41) is 34.4. The molecule has 8 N–H and O–H groups in total. The number of nitrogens with two attached hydrogens (primary N) is 1. The van der Waals surface area contributed by atoms with Crippen LogP contribution in [-0.2, 0) is 24.0 Å². The third-order valence-corrected chi connectivity index (χ3v) is 4.44. The van der Waals surface area contributed by atoms with Crippen LogP contribution in [0.2, 0.25) is 0 Å². The highest BCUT2D eigenvalue weighted by molar-refractivity contribution is 5.94. The van der Waals surface area contributed by atoms with Crippen LogP contribution in [0.3, 0.4) is 0 Å². The highest BCUT2D eigenvalue weighted by atomic mass is 16.4. The first-order valence-electron chi connectivity index (χ1n) is 10.0. The molecule has 4 unspecified atom stereocenters. The van der Waals surface area contributed by atoms with Gasteiger partial charge in [0.1, 0.15) is 18.1 Å². The fourth-order valence-corrected chi connectivity index (χ4v) is 2.54. The molecule has 3 amide bonds. The number of hydrogen-bond donors (Lipinski definition) is 7. The number of hydrogen-bond acceptors (Lipinski definition) is 7. The normalized spacial score (nSPS) is 15.0. The highest BCUT2D eigenvalue weighted by Crippen LogP contribution is 2.08. The fourth-order valence-electron chi connectivity index (χ4n) is 2.54. The number of carbonyl (C=O) groups excluding carboxylic acids is 3. The molecule has 0 saturated carbocycles. The van der Waals surface area contributed by atoms with Crippen molar-refractivity contribution in [3.8, 4) is 0 Å². The molecule has 31 heavy (non-hydrogen) atoms. The van der Waals surface area contributed by atoms with Crippen LogP contribution < -0.4 is 21.7 Å². The Labute approximate surface area is 180 Å². The zero-order chi connectivity index (χ0) is 24.3. The van der Waals surface area contributed by atoms with E-state index in [0.29, 0.717) is 0 Å². The van der Waals surface area contributed by atoms with E-state index < -0.39 is 66.9 Å². The van der Waals surface area contributed by atoms with E-state index in [2.05, 4.69) is 16.0 Å². The van der Waals surface area contributed by atoms with Crippen LogP contribution in [0.15, 0.2) is 0 Å². The van der Waals surface area contributed by atoms with Gasteiger partial charge in [0.25, 0.3) is 0 Å². The Morgan fingerprint density at radius 3 is 1.71 bits per heavy atom. The first-order chi connectivity index (χ1) is 14.3. The second-order valence-electron chi connectivity index (χ2n) is 8.04. The minimum absolute atomic E-state index is 0.0742. The number of amides is 3. The Morgan fingerprint density at radius 1 is 0.806 bits per heavy atom. The molecule has 0 fully saturated rings. The van der Waals surface area contributed by atoms with Gasteiger partial charge in [-0.1, -0.05) is 27.7 Å². The molecule has 12 heteroatoms. The minimum Gasteiger partial charge on any atom is -0.481 e. The number of carboxylic acids is 2. The van der Waals surface area contributed by atoms with Crippen molar-refractivity contribution in [2.24, 2.45) is 17.6 Å². The summed E-state index contributed by atoms with van der Waals surface area (Å²) in [4.78, 5) is 59.2. The Balaban J connectivity index is 5.29. The summed E-state index contributed by atoms with van der Waals surface area (Å²) in [7, 11) is 0. The molecule has 0 aliphatic rings. The van der Waals surface area contributed by atoms with Gasteiger partial charge < -0.3 is 37.0 Å². The maximum Gasteiger partial charge on any atom is 0.326 e. The van der Waals surface area contributed by atoms with Gasteiger partial charge in [-0.25, -0.2) is 4.79 Å². The van der Waals surface area contributed by atoms with Crippen molar-refractivity contribution in [2.75, 3.05) is 6.61 Å². The molecule has 0 spiro atoms. The zero-order valence-corrected chi connectivity index (χ0v) is 18.3. The Morgan fingerprint density at radius 2 is 1.29 bits per heavy atom. The summed E-state index contributed by atoms with van der Waals surface area (Å²) in [5.41, 5.74) is 5.72. The van der Waals surface area contributed by atoms with Crippen molar-refractivity contribution in [2.45, 2.75) is 71.1 Å². The second-order valence-corrected chi connectivity index (χ2v) is 8.04. The van der Waals surface area contributed by atoms with Crippen LogP contribution in [0.1, 0.15) is 47.0 Å². The lowest BCUT2D eigenvalue weighted by Crippen LogP contribution is -2.58. The number of carboxylic acid groups (broad SMARTS) is 2. The molecular formula is C19H34N4O8. The first kappa shape index (κ1) is 28.3. The van der Waals surface area contributed by atoms with E-state index in [1.54, 1.807) is 27.7 Å². The van der Waals surface area contributed by atoms with Crippen molar-refractivity contribution < 1.29 is 39.3 Å². The molecule has 0 aliphatic carbocycles. The predicted octanol–water partition coefficient (Wildman–Crippen LogP) is -1.59. The largest absolute Gasteiger partial charge is 0.481 e. The van der Waals surface area contributed by atoms with Gasteiger partial charge in [-0.15, -0.1) is 0 Å². The maximum atomic E-state index is 12.6. The summed E-state index contributed by atoms with van der Waals surface area (Å²) in [6.07, 6.45) is -0.658. The van der Waals surface area contributed by atoms with E-state index in [0.717, 1.165) is 0 Å². The molecule has 0 aliphatic heterocycles. The zero-order valence-electron chi connectivity index (χ0n) is 18.3. The SMILES string of the molecule is CC(C)CC(NC(=O)C(CO)NC(=O)C(N)C(C)C)C(=O)NC(CCC(=O)O)C(=O)O. The van der Waals surface area contributed by atoms with E-state index in [-0.39, 0.29) is 24.7 Å². The summed E-state index contributed by atoms with van der Waals surface area (Å²) in [6, 6.07) is -4.87. The summed E-state index contributed by atoms with van der Waals surface area (Å²) in [6.45, 7) is 6.24. The van der Waals surface area contributed by atoms with Gasteiger partial charge in [-0.3, -0.25) is 19.2 Å². The molecule has 0 radical (unpaired) electrons. The van der Waals surface area contributed by atoms with E-state index in [9.17, 15) is 34.2 Å². The Bertz CT molecular complexity index is 653. The molecule has 0 saturated heterocycles. The number of aliphatic hydroxyl groups excluding tert-OH is 1. The smallest absolute Gasteiger partial charge is 0.326 e. The van der Waals surface area contributed by atoms with Crippen molar-refractivity contribution in [3.05, 3.63) is 0 Å². The van der Waals surface area contributed by atoms with Crippen molar-refractivity contribution in [1.82, 2.24) is 16.0 Å². The monoisotopic (exact) mass is 446 g/mol. The number of aliphatic hydroxyl groups is 1. The van der Waals surface area contributed by atoms with Gasteiger partial charge in [0.15, 0.2) is 0 Å². The highest BCUT2D eigenvalue weighted by Gasteiger charge is 2.31. The van der Waals surface area contributed by atoms with Crippen molar-refractivity contribution >= 4 is 29.7 Å². The number of carbonyl (C=O) groups is 5. The standard InChI is InChI=1S/C19H34N4O8/c1-9(2)7-12(16(27)21-11(19(30)31)5-6-14(25)26)22-17(28)13(8-24)23-18(29)15(20)10(3)4/h9-13,15,24H,5-8,20H2,1-4H3,(H,21,27)(H,22,28)(H,23,29)(H,25,26)(H,30,31). The molecular weight excluding hydrogens is 412 g/mol. The number of aliphatic carboxylic acids is 2. The third-order valence-electron chi connectivity index (χ3n) is 4.44. The van der Waals surface area contributed by atoms with E-state index in [1.165, 1.54) is 0 Å². The third kappa shape index (κ3) is 10.7. The number of nitrogens with one attached hydrogen (secondary N) is 3. The summed E-state index contributed by atoms with van der Waals surface area (Å²) < 4.78 is 0. The second kappa shape index (κ2) is 13.5. The van der Waals surface area contributed by atoms with Crippen LogP contribution in [0.5, 0.6) is 0 Å². The minimum atomic E-state index is -1.45. The van der Waals surface area contributed by atoms with Crippen molar-refractivity contribution in [1.29, 1.82) is 0 Å². The quantitative estimate of drug-likeness (QED) is 0.164. The van der Waals surface area contributed by atoms with E-state index >= 15 is 0 Å². The molecule has 0 bridgehead atoms. The summed E-state index contributed by atoms with van der Waals surface area (Å²) >= 11 is 0. The predicted molar refractivity (Wildman–Crippen MR) is 110 cm³/mol. The fraction of sp³-hybridized carbons (Fsp3) is 0.737. The van der Waals surface area contributed by atoms with Crippen LogP contribution in [-0.4, -0.2) is 75.8 Å². The lowest BCUT2D eigenvalue weighted by atomic mass is 10.0. The maximum absolute atomic E-state index is 12.6. The average molecular weight is 447 g/mol. The number of rotatable bonds is 14. The van der Waals surface area contributed by atoms with Gasteiger partial charge in [0, 0.05) is 6.42 Å². The molecule has 178 valence electrons. The van der Waals surface area contributed by atoms with Crippen molar-refractivity contribution in [3.63, 3.8) is 0 Å². The topological polar surface area (TPSA) is 208 Å². The molecule has 0 aromatic carbocycles. The van der Waals surface area contributed by atoms with Gasteiger partial charge in [-0.05, 0) is 24.7 Å². The van der Waals surface area contributed by atoms with Gasteiger partial charge in [0.2, 0.25) is 17.7 Å². The van der Waals surface area contributed by atoms with Crippen LogP contribution in [0.25, 0.3) is 0 Å². The molecule has 0 heterocycles. The van der Waals surface area contributed by atoms with Gasteiger partial charge in [-0.2, -0.15) is 0 Å². The van der Waals surface area contributed by atoms with E-state index in [4.69, 9.17) is 10.8 Å². The van der Waals surface area contributed by atoms with Gasteiger partial charge in [0.05, 0.1) is 12.6 Å². The average Bonchev–Trinajstić information content (AvgIpc) is 2.66. The lowest BCUT2D eigenvalue weighted by molar-refractivity contribution is -0.143. The molecule has 0 aromatic rings. The molecule has 12 nitrogen and oxygen atoms in total. The first-order valence-corrected chi connectivity index (χ1v) is 10.0. The van der Waals surface area contributed by atoms with Gasteiger partial charge >= 0.3 is 11.9 Å². The molecule has 0 rings (SSSR count). The van der Waals surface area contributed by atoms with Crippen LogP contribution >= 0.6 is 0 Å². The van der Waals surface area contributed by atoms with E-state index in [1.807, 2.05) is 0 Å². The van der Waals surface area contributed by atoms with Crippen LogP contribution in [0, 0.1) is 11.8 Å². The summed E-state index contributed by atoms with van der Waals surface area (Å²) in [5.74, 6) is -5.21. The Hall–Kier alpha value is -2.73. The van der Waals surface area contributed by atoms with Crippen LogP contribution in [0.4, 0.5) is 0 Å². The Kier molecular flexibility index (Phi) is 12.4.